The highest BCUT2D eigenvalue weighted by Crippen LogP contribution is 2.40. The second kappa shape index (κ2) is 10.5. The third-order valence-corrected chi connectivity index (χ3v) is 6.58. The Morgan fingerprint density at radius 2 is 1.86 bits per heavy atom. The molecule has 4 aromatic rings. The zero-order valence-electron chi connectivity index (χ0n) is 19.0. The molecule has 3 heterocycles. The van der Waals surface area contributed by atoms with Crippen molar-refractivity contribution in [2.24, 2.45) is 0 Å². The topological polar surface area (TPSA) is 70.4 Å². The van der Waals surface area contributed by atoms with Gasteiger partial charge in [-0.15, -0.1) is 0 Å². The van der Waals surface area contributed by atoms with E-state index in [0.29, 0.717) is 28.2 Å². The van der Waals surface area contributed by atoms with Crippen LogP contribution in [0.5, 0.6) is 0 Å². The molecule has 2 aromatic heterocycles. The van der Waals surface area contributed by atoms with E-state index in [-0.39, 0.29) is 30.1 Å². The minimum atomic E-state index is -0.484. The van der Waals surface area contributed by atoms with Gasteiger partial charge in [0.1, 0.15) is 23.4 Å². The lowest BCUT2D eigenvalue weighted by molar-refractivity contribution is -0.116. The molecular formula is C27H22ClFN4O2S. The summed E-state index contributed by atoms with van der Waals surface area (Å²) in [4.78, 5) is 19.1. The molecule has 0 aliphatic carbocycles. The molecule has 1 amide bonds. The van der Waals surface area contributed by atoms with Crippen LogP contribution in [0.1, 0.15) is 30.0 Å². The summed E-state index contributed by atoms with van der Waals surface area (Å²) < 4.78 is 20.2. The van der Waals surface area contributed by atoms with E-state index < -0.39 is 5.82 Å². The normalized spacial score (nSPS) is 17.2. The molecule has 0 bridgehead atoms. The molecule has 5 rings (SSSR count). The fraction of sp³-hybridized carbons (Fsp3) is 0.148. The van der Waals surface area contributed by atoms with Gasteiger partial charge in [-0.3, -0.25) is 9.78 Å². The van der Waals surface area contributed by atoms with Crippen molar-refractivity contribution < 1.29 is 13.6 Å². The van der Waals surface area contributed by atoms with Crippen LogP contribution in [-0.2, 0) is 4.79 Å². The summed E-state index contributed by atoms with van der Waals surface area (Å²) in [5.74, 6) is 0.570. The fourth-order valence-corrected chi connectivity index (χ4v) is 4.69. The van der Waals surface area contributed by atoms with Crippen LogP contribution in [0, 0.1) is 5.82 Å². The van der Waals surface area contributed by atoms with E-state index in [1.165, 1.54) is 12.1 Å². The minimum absolute atomic E-state index is 0.104. The summed E-state index contributed by atoms with van der Waals surface area (Å²) in [6, 6.07) is 22.3. The van der Waals surface area contributed by atoms with Crippen LogP contribution >= 0.6 is 23.8 Å². The Morgan fingerprint density at radius 3 is 2.61 bits per heavy atom. The highest BCUT2D eigenvalue weighted by atomic mass is 35.5. The van der Waals surface area contributed by atoms with Gasteiger partial charge in [0.2, 0.25) is 5.91 Å². The van der Waals surface area contributed by atoms with Crippen molar-refractivity contribution in [2.75, 3.05) is 11.9 Å². The Labute approximate surface area is 218 Å². The van der Waals surface area contributed by atoms with Crippen LogP contribution in [-0.4, -0.2) is 27.4 Å². The SMILES string of the molecule is O=C(CCN1C(=S)N[C@H](c2ccccn2)[C@H]1c1ccc(-c2ccc(Cl)cc2)o1)Nc1ccccc1F. The molecule has 2 N–H and O–H groups in total. The van der Waals surface area contributed by atoms with Crippen molar-refractivity contribution in [1.29, 1.82) is 0 Å². The number of pyridine rings is 1. The van der Waals surface area contributed by atoms with Crippen molar-refractivity contribution in [3.63, 3.8) is 0 Å². The number of para-hydroxylation sites is 1. The van der Waals surface area contributed by atoms with E-state index in [9.17, 15) is 9.18 Å². The number of halogens is 2. The lowest BCUT2D eigenvalue weighted by Gasteiger charge is -2.25. The van der Waals surface area contributed by atoms with Crippen molar-refractivity contribution in [3.8, 4) is 11.3 Å². The van der Waals surface area contributed by atoms with Crippen molar-refractivity contribution in [3.05, 3.63) is 107 Å². The maximum absolute atomic E-state index is 14.0. The number of amides is 1. The predicted octanol–water partition coefficient (Wildman–Crippen LogP) is 6.14. The fourth-order valence-electron chi connectivity index (χ4n) is 4.23. The van der Waals surface area contributed by atoms with E-state index in [1.807, 2.05) is 59.5 Å². The van der Waals surface area contributed by atoms with Gasteiger partial charge in [0.05, 0.1) is 17.4 Å². The summed E-state index contributed by atoms with van der Waals surface area (Å²) in [6.07, 6.45) is 1.83. The molecule has 1 saturated heterocycles. The largest absolute Gasteiger partial charge is 0.459 e. The number of benzene rings is 2. The average Bonchev–Trinajstić information content (AvgIpc) is 3.50. The lowest BCUT2D eigenvalue weighted by atomic mass is 10.0. The molecule has 182 valence electrons. The number of nitrogens with zero attached hydrogens (tertiary/aromatic N) is 2. The number of hydrogen-bond donors (Lipinski definition) is 2. The Bertz CT molecular complexity index is 1380. The second-order valence-electron chi connectivity index (χ2n) is 8.31. The quantitative estimate of drug-likeness (QED) is 0.285. The van der Waals surface area contributed by atoms with Gasteiger partial charge in [-0.1, -0.05) is 29.8 Å². The second-order valence-corrected chi connectivity index (χ2v) is 9.13. The van der Waals surface area contributed by atoms with Crippen LogP contribution in [0.3, 0.4) is 0 Å². The molecule has 0 spiro atoms. The number of rotatable bonds is 7. The number of anilines is 1. The average molecular weight is 521 g/mol. The molecule has 2 atom stereocenters. The number of carbonyl (C=O) groups is 1. The molecule has 0 unspecified atom stereocenters. The predicted molar refractivity (Wildman–Crippen MR) is 141 cm³/mol. The first-order valence-electron chi connectivity index (χ1n) is 11.4. The Morgan fingerprint density at radius 1 is 1.08 bits per heavy atom. The van der Waals surface area contributed by atoms with E-state index in [1.54, 1.807) is 18.3 Å². The van der Waals surface area contributed by atoms with Crippen molar-refractivity contribution >= 4 is 40.5 Å². The summed E-state index contributed by atoms with van der Waals surface area (Å²) in [6.45, 7) is 0.303. The van der Waals surface area contributed by atoms with Gasteiger partial charge >= 0.3 is 0 Å². The van der Waals surface area contributed by atoms with Crippen molar-refractivity contribution in [1.82, 2.24) is 15.2 Å². The molecule has 1 aliphatic rings. The third kappa shape index (κ3) is 5.10. The number of hydrogen-bond acceptors (Lipinski definition) is 4. The van der Waals surface area contributed by atoms with E-state index >= 15 is 0 Å². The van der Waals surface area contributed by atoms with Crippen molar-refractivity contribution in [2.45, 2.75) is 18.5 Å². The van der Waals surface area contributed by atoms with Gasteiger partial charge in [0, 0.05) is 29.7 Å². The highest BCUT2D eigenvalue weighted by molar-refractivity contribution is 7.80. The van der Waals surface area contributed by atoms with Crippen LogP contribution in [0.4, 0.5) is 10.1 Å². The summed E-state index contributed by atoms with van der Waals surface area (Å²) in [7, 11) is 0. The minimum Gasteiger partial charge on any atom is -0.459 e. The zero-order valence-corrected chi connectivity index (χ0v) is 20.6. The smallest absolute Gasteiger partial charge is 0.226 e. The van der Waals surface area contributed by atoms with Crippen LogP contribution in [0.2, 0.25) is 5.02 Å². The van der Waals surface area contributed by atoms with Gasteiger partial charge < -0.3 is 20.0 Å². The van der Waals surface area contributed by atoms with Gasteiger partial charge in [0.15, 0.2) is 5.11 Å². The number of nitrogens with one attached hydrogen (secondary N) is 2. The van der Waals surface area contributed by atoms with Gasteiger partial charge in [-0.05, 0) is 72.9 Å². The lowest BCUT2D eigenvalue weighted by Crippen LogP contribution is -2.32. The maximum Gasteiger partial charge on any atom is 0.226 e. The highest BCUT2D eigenvalue weighted by Gasteiger charge is 2.41. The molecule has 1 fully saturated rings. The first-order chi connectivity index (χ1) is 17.5. The Hall–Kier alpha value is -3.75. The number of aromatic nitrogens is 1. The molecule has 6 nitrogen and oxygen atoms in total. The molecule has 0 saturated carbocycles. The summed E-state index contributed by atoms with van der Waals surface area (Å²) in [5.41, 5.74) is 1.84. The van der Waals surface area contributed by atoms with Crippen LogP contribution in [0.15, 0.2) is 89.5 Å². The van der Waals surface area contributed by atoms with Gasteiger partial charge in [0.25, 0.3) is 0 Å². The maximum atomic E-state index is 14.0. The standard InChI is InChI=1S/C27H22ClFN4O2S/c28-18-10-8-17(9-11-18)22-12-13-23(35-22)26-25(21-7-3-4-15-30-21)32-27(36)33(26)16-14-24(34)31-20-6-2-1-5-19(20)29/h1-13,15,25-26H,14,16H2,(H,31,34)(H,32,36)/t25-,26-/m1/s1. The Balaban J connectivity index is 1.40. The van der Waals surface area contributed by atoms with Gasteiger partial charge in [-0.2, -0.15) is 0 Å². The first kappa shape index (κ1) is 24.0. The van der Waals surface area contributed by atoms with Gasteiger partial charge in [-0.25, -0.2) is 4.39 Å². The number of furan rings is 1. The first-order valence-corrected chi connectivity index (χ1v) is 12.2. The number of thiocarbonyl (C=S) groups is 1. The van der Waals surface area contributed by atoms with E-state index in [2.05, 4.69) is 15.6 Å². The van der Waals surface area contributed by atoms with E-state index in [4.69, 9.17) is 28.2 Å². The monoisotopic (exact) mass is 520 g/mol. The molecular weight excluding hydrogens is 499 g/mol. The summed E-state index contributed by atoms with van der Waals surface area (Å²) in [5, 5.41) is 7.09. The zero-order chi connectivity index (χ0) is 25.1. The third-order valence-electron chi connectivity index (χ3n) is 5.97. The summed E-state index contributed by atoms with van der Waals surface area (Å²) >= 11 is 11.7. The molecule has 36 heavy (non-hydrogen) atoms. The number of carbonyl (C=O) groups excluding carboxylic acids is 1. The van der Waals surface area contributed by atoms with E-state index in [0.717, 1.165) is 11.3 Å². The molecule has 0 radical (unpaired) electrons. The molecule has 9 heteroatoms. The molecule has 2 aromatic carbocycles. The Kier molecular flexibility index (Phi) is 6.97. The van der Waals surface area contributed by atoms with Crippen LogP contribution < -0.4 is 10.6 Å². The molecule has 1 aliphatic heterocycles. The van der Waals surface area contributed by atoms with Crippen LogP contribution in [0.25, 0.3) is 11.3 Å².